The van der Waals surface area contributed by atoms with E-state index in [9.17, 15) is 4.79 Å². The minimum Gasteiger partial charge on any atom is -0.395 e. The van der Waals surface area contributed by atoms with Gasteiger partial charge in [-0.25, -0.2) is 0 Å². The first-order valence-corrected chi connectivity index (χ1v) is 4.96. The maximum Gasteiger partial charge on any atom is 0.231 e. The lowest BCUT2D eigenvalue weighted by Gasteiger charge is -2.11. The molecule has 0 spiro atoms. The van der Waals surface area contributed by atoms with Crippen LogP contribution >= 0.6 is 0 Å². The molecule has 1 aliphatic heterocycles. The van der Waals surface area contributed by atoms with Crippen LogP contribution < -0.4 is 10.2 Å². The Balaban J connectivity index is 2.22. The van der Waals surface area contributed by atoms with Crippen LogP contribution in [0.5, 0.6) is 0 Å². The second kappa shape index (κ2) is 3.90. The van der Waals surface area contributed by atoms with Gasteiger partial charge in [-0.2, -0.15) is 0 Å². The Morgan fingerprint density at radius 1 is 1.53 bits per heavy atom. The third-order valence-electron chi connectivity index (χ3n) is 2.60. The van der Waals surface area contributed by atoms with Crippen molar-refractivity contribution >= 4 is 17.3 Å². The van der Waals surface area contributed by atoms with E-state index in [-0.39, 0.29) is 12.5 Å². The number of hydrogen-bond acceptors (Lipinski definition) is 3. The predicted molar refractivity (Wildman–Crippen MR) is 59.1 cm³/mol. The van der Waals surface area contributed by atoms with Crippen LogP contribution in [0.3, 0.4) is 0 Å². The van der Waals surface area contributed by atoms with Gasteiger partial charge in [0.05, 0.1) is 13.0 Å². The maximum absolute atomic E-state index is 11.4. The number of benzene rings is 1. The van der Waals surface area contributed by atoms with Gasteiger partial charge in [0.15, 0.2) is 0 Å². The number of carbonyl (C=O) groups excluding carboxylic acids is 1. The van der Waals surface area contributed by atoms with Crippen molar-refractivity contribution in [2.45, 2.75) is 6.42 Å². The van der Waals surface area contributed by atoms with Crippen LogP contribution in [0.4, 0.5) is 11.4 Å². The molecule has 15 heavy (non-hydrogen) atoms. The quantitative estimate of drug-likeness (QED) is 0.762. The summed E-state index contributed by atoms with van der Waals surface area (Å²) in [5.41, 5.74) is 2.98. The molecule has 4 nitrogen and oxygen atoms in total. The largest absolute Gasteiger partial charge is 0.395 e. The number of hydrogen-bond donors (Lipinski definition) is 2. The molecule has 4 heteroatoms. The van der Waals surface area contributed by atoms with Gasteiger partial charge in [0.2, 0.25) is 5.91 Å². The van der Waals surface area contributed by atoms with Crippen molar-refractivity contribution in [3.63, 3.8) is 0 Å². The van der Waals surface area contributed by atoms with E-state index in [1.165, 1.54) is 0 Å². The molecule has 1 aromatic carbocycles. The number of fused-ring (bicyclic) bond motifs is 1. The standard InChI is InChI=1S/C11H14N2O2/c1-13-10-3-2-9(12-4-5-14)6-8(10)7-11(13)15/h2-3,6,12,14H,4-5,7H2,1H3. The smallest absolute Gasteiger partial charge is 0.231 e. The minimum absolute atomic E-state index is 0.107. The summed E-state index contributed by atoms with van der Waals surface area (Å²) in [6.07, 6.45) is 0.473. The molecule has 80 valence electrons. The molecule has 0 unspecified atom stereocenters. The molecule has 0 aliphatic carbocycles. The minimum atomic E-state index is 0.107. The van der Waals surface area contributed by atoms with E-state index in [4.69, 9.17) is 5.11 Å². The van der Waals surface area contributed by atoms with Gasteiger partial charge < -0.3 is 15.3 Å². The number of amides is 1. The highest BCUT2D eigenvalue weighted by Gasteiger charge is 2.23. The van der Waals surface area contributed by atoms with Gasteiger partial charge in [0, 0.05) is 25.0 Å². The highest BCUT2D eigenvalue weighted by molar-refractivity contribution is 6.01. The van der Waals surface area contributed by atoms with E-state index in [1.54, 1.807) is 11.9 Å². The number of nitrogens with one attached hydrogen (secondary N) is 1. The lowest BCUT2D eigenvalue weighted by Crippen LogP contribution is -2.20. The van der Waals surface area contributed by atoms with Gasteiger partial charge in [-0.1, -0.05) is 0 Å². The van der Waals surface area contributed by atoms with Crippen molar-refractivity contribution in [3.05, 3.63) is 23.8 Å². The van der Waals surface area contributed by atoms with Crippen LogP contribution in [-0.4, -0.2) is 31.2 Å². The summed E-state index contributed by atoms with van der Waals surface area (Å²) in [6.45, 7) is 0.637. The zero-order valence-electron chi connectivity index (χ0n) is 8.66. The van der Waals surface area contributed by atoms with E-state index < -0.39 is 0 Å². The third-order valence-corrected chi connectivity index (χ3v) is 2.60. The summed E-state index contributed by atoms with van der Waals surface area (Å²) in [4.78, 5) is 13.1. The van der Waals surface area contributed by atoms with Crippen LogP contribution in [-0.2, 0) is 11.2 Å². The molecule has 2 N–H and O–H groups in total. The molecule has 0 saturated heterocycles. The summed E-state index contributed by atoms with van der Waals surface area (Å²) in [7, 11) is 1.79. The number of likely N-dealkylation sites (N-methyl/N-ethyl adjacent to an activating group) is 1. The predicted octanol–water partition coefficient (Wildman–Crippen LogP) is 0.610. The first kappa shape index (κ1) is 9.98. The molecule has 0 bridgehead atoms. The van der Waals surface area contributed by atoms with Crippen LogP contribution in [0.1, 0.15) is 5.56 Å². The number of rotatable bonds is 3. The first-order chi connectivity index (χ1) is 7.22. The molecule has 0 fully saturated rings. The van der Waals surface area contributed by atoms with Gasteiger partial charge in [-0.3, -0.25) is 4.79 Å². The Morgan fingerprint density at radius 2 is 2.33 bits per heavy atom. The molecule has 0 atom stereocenters. The lowest BCUT2D eigenvalue weighted by atomic mass is 10.1. The fourth-order valence-corrected chi connectivity index (χ4v) is 1.78. The molecule has 0 aromatic heterocycles. The fourth-order valence-electron chi connectivity index (χ4n) is 1.78. The summed E-state index contributed by atoms with van der Waals surface area (Å²) >= 11 is 0. The topological polar surface area (TPSA) is 52.6 Å². The monoisotopic (exact) mass is 206 g/mol. The lowest BCUT2D eigenvalue weighted by molar-refractivity contribution is -0.117. The van der Waals surface area contributed by atoms with Gasteiger partial charge in [0.25, 0.3) is 0 Å². The molecule has 1 aliphatic rings. The Kier molecular flexibility index (Phi) is 2.60. The highest BCUT2D eigenvalue weighted by atomic mass is 16.3. The van der Waals surface area contributed by atoms with Crippen LogP contribution in [0.2, 0.25) is 0 Å². The van der Waals surface area contributed by atoms with Crippen molar-refractivity contribution in [2.75, 3.05) is 30.4 Å². The van der Waals surface area contributed by atoms with E-state index in [1.807, 2.05) is 18.2 Å². The summed E-state index contributed by atoms with van der Waals surface area (Å²) in [5.74, 6) is 0.129. The van der Waals surface area contributed by atoms with Gasteiger partial charge in [-0.05, 0) is 23.8 Å². The third kappa shape index (κ3) is 1.80. The Hall–Kier alpha value is -1.55. The van der Waals surface area contributed by atoms with Crippen LogP contribution in [0, 0.1) is 0 Å². The molecule has 1 heterocycles. The Bertz CT molecular complexity index is 390. The maximum atomic E-state index is 11.4. The van der Waals surface area contributed by atoms with E-state index in [0.717, 1.165) is 16.9 Å². The van der Waals surface area contributed by atoms with Crippen molar-refractivity contribution in [3.8, 4) is 0 Å². The number of carbonyl (C=O) groups is 1. The zero-order valence-corrected chi connectivity index (χ0v) is 8.66. The van der Waals surface area contributed by atoms with E-state index >= 15 is 0 Å². The van der Waals surface area contributed by atoms with Gasteiger partial charge in [0.1, 0.15) is 0 Å². The molecule has 1 amide bonds. The molecule has 0 saturated carbocycles. The second-order valence-corrected chi connectivity index (χ2v) is 3.62. The number of anilines is 2. The fraction of sp³-hybridized carbons (Fsp3) is 0.364. The van der Waals surface area contributed by atoms with E-state index in [2.05, 4.69) is 5.32 Å². The van der Waals surface area contributed by atoms with Gasteiger partial charge in [-0.15, -0.1) is 0 Å². The zero-order chi connectivity index (χ0) is 10.8. The number of aliphatic hydroxyl groups excluding tert-OH is 1. The summed E-state index contributed by atoms with van der Waals surface area (Å²) in [6, 6.07) is 5.82. The summed E-state index contributed by atoms with van der Waals surface area (Å²) < 4.78 is 0. The van der Waals surface area contributed by atoms with Crippen molar-refractivity contribution in [1.82, 2.24) is 0 Å². The van der Waals surface area contributed by atoms with Crippen molar-refractivity contribution in [2.24, 2.45) is 0 Å². The summed E-state index contributed by atoms with van der Waals surface area (Å²) in [5, 5.41) is 11.8. The first-order valence-electron chi connectivity index (χ1n) is 4.96. The van der Waals surface area contributed by atoms with E-state index in [0.29, 0.717) is 13.0 Å². The average Bonchev–Trinajstić information content (AvgIpc) is 2.52. The SMILES string of the molecule is CN1C(=O)Cc2cc(NCCO)ccc21. The molecule has 1 aromatic rings. The number of nitrogens with zero attached hydrogens (tertiary/aromatic N) is 1. The molecular weight excluding hydrogens is 192 g/mol. The van der Waals surface area contributed by atoms with Gasteiger partial charge >= 0.3 is 0 Å². The van der Waals surface area contributed by atoms with Crippen molar-refractivity contribution in [1.29, 1.82) is 0 Å². The highest BCUT2D eigenvalue weighted by Crippen LogP contribution is 2.29. The normalized spacial score (nSPS) is 14.3. The van der Waals surface area contributed by atoms with Crippen LogP contribution in [0.25, 0.3) is 0 Å². The average molecular weight is 206 g/mol. The van der Waals surface area contributed by atoms with Crippen molar-refractivity contribution < 1.29 is 9.90 Å². The molecular formula is C11H14N2O2. The molecule has 2 rings (SSSR count). The second-order valence-electron chi connectivity index (χ2n) is 3.62. The van der Waals surface area contributed by atoms with Crippen LogP contribution in [0.15, 0.2) is 18.2 Å². The Labute approximate surface area is 88.5 Å². The molecule has 0 radical (unpaired) electrons. The Morgan fingerprint density at radius 3 is 3.07 bits per heavy atom. The number of aliphatic hydroxyl groups is 1.